The van der Waals surface area contributed by atoms with Crippen molar-refractivity contribution in [1.29, 1.82) is 0 Å². The van der Waals surface area contributed by atoms with Gasteiger partial charge in [0.15, 0.2) is 0 Å². The first-order chi connectivity index (χ1) is 8.58. The maximum atomic E-state index is 11.9. The van der Waals surface area contributed by atoms with Crippen LogP contribution in [-0.4, -0.2) is 18.9 Å². The molecule has 0 fully saturated rings. The van der Waals surface area contributed by atoms with Crippen LogP contribution in [0.1, 0.15) is 29.3 Å². The average molecular weight is 246 g/mol. The molecule has 5 heteroatoms. The number of carbonyl (C=O) groups is 2. The second-order valence-corrected chi connectivity index (χ2v) is 3.93. The van der Waals surface area contributed by atoms with Crippen LogP contribution in [-0.2, 0) is 9.53 Å². The molecular formula is C13H14N2O3. The number of nitrogens with two attached hydrogens (primary N) is 1. The normalized spacial score (nSPS) is 16.0. The minimum atomic E-state index is -0.521. The van der Waals surface area contributed by atoms with Crippen molar-refractivity contribution in [3.05, 3.63) is 35.1 Å². The molecule has 94 valence electrons. The minimum absolute atomic E-state index is 0.217. The van der Waals surface area contributed by atoms with Crippen LogP contribution in [0.3, 0.4) is 0 Å². The molecular weight excluding hydrogens is 232 g/mol. The Bertz CT molecular complexity index is 555. The topological polar surface area (TPSA) is 81.4 Å². The Balaban J connectivity index is 2.57. The van der Waals surface area contributed by atoms with Crippen molar-refractivity contribution >= 4 is 23.1 Å². The Kier molecular flexibility index (Phi) is 3.06. The van der Waals surface area contributed by atoms with E-state index < -0.39 is 5.91 Å². The third kappa shape index (κ3) is 1.84. The minimum Gasteiger partial charge on any atom is -0.500 e. The van der Waals surface area contributed by atoms with Gasteiger partial charge < -0.3 is 15.8 Å². The number of methoxy groups -OCH3 is 1. The van der Waals surface area contributed by atoms with Gasteiger partial charge in [0.05, 0.1) is 18.4 Å². The van der Waals surface area contributed by atoms with Crippen LogP contribution in [0.5, 0.6) is 0 Å². The van der Waals surface area contributed by atoms with E-state index in [0.29, 0.717) is 29.0 Å². The van der Waals surface area contributed by atoms with Gasteiger partial charge in [0, 0.05) is 17.5 Å². The molecule has 1 aromatic rings. The van der Waals surface area contributed by atoms with Crippen LogP contribution >= 0.6 is 0 Å². The standard InChI is InChI=1S/C13H14N2O3/c1-3-10(18-2)11-8-5-4-7(12(14)16)6-9(8)15-13(11)17/h4-6H,3H2,1-2H3,(H2,14,16)(H,15,17)/b11-10-. The van der Waals surface area contributed by atoms with Gasteiger partial charge >= 0.3 is 0 Å². The van der Waals surface area contributed by atoms with E-state index in [1.165, 1.54) is 7.11 Å². The number of nitrogens with one attached hydrogen (secondary N) is 1. The molecule has 0 unspecified atom stereocenters. The van der Waals surface area contributed by atoms with Crippen LogP contribution in [0.2, 0.25) is 0 Å². The van der Waals surface area contributed by atoms with E-state index in [-0.39, 0.29) is 5.91 Å². The van der Waals surface area contributed by atoms with Crippen LogP contribution in [0.25, 0.3) is 5.57 Å². The van der Waals surface area contributed by atoms with Crippen molar-refractivity contribution in [3.8, 4) is 0 Å². The maximum Gasteiger partial charge on any atom is 0.259 e. The quantitative estimate of drug-likeness (QED) is 0.626. The van der Waals surface area contributed by atoms with Gasteiger partial charge in [0.1, 0.15) is 5.76 Å². The average Bonchev–Trinajstić information content (AvgIpc) is 2.67. The summed E-state index contributed by atoms with van der Waals surface area (Å²) >= 11 is 0. The fraction of sp³-hybridized carbons (Fsp3) is 0.231. The predicted octanol–water partition coefficient (Wildman–Crippen LogP) is 1.51. The van der Waals surface area contributed by atoms with Crippen LogP contribution in [0.15, 0.2) is 24.0 Å². The first kappa shape index (κ1) is 12.2. The largest absolute Gasteiger partial charge is 0.500 e. The molecule has 0 saturated carbocycles. The third-order valence-corrected chi connectivity index (χ3v) is 2.90. The summed E-state index contributed by atoms with van der Waals surface area (Å²) in [5.41, 5.74) is 7.42. The van der Waals surface area contributed by atoms with Gasteiger partial charge in [-0.1, -0.05) is 13.0 Å². The number of hydrogen-bond acceptors (Lipinski definition) is 3. The molecule has 0 bridgehead atoms. The number of rotatable bonds is 3. The number of hydrogen-bond donors (Lipinski definition) is 2. The monoisotopic (exact) mass is 246 g/mol. The molecule has 1 aromatic carbocycles. The van der Waals surface area contributed by atoms with Crippen molar-refractivity contribution in [1.82, 2.24) is 0 Å². The molecule has 0 aromatic heterocycles. The Labute approximate surface area is 105 Å². The zero-order chi connectivity index (χ0) is 13.3. The fourth-order valence-corrected chi connectivity index (χ4v) is 2.03. The van der Waals surface area contributed by atoms with E-state index in [1.807, 2.05) is 6.92 Å². The summed E-state index contributed by atoms with van der Waals surface area (Å²) in [6.07, 6.45) is 0.621. The molecule has 2 rings (SSSR count). The zero-order valence-corrected chi connectivity index (χ0v) is 10.2. The lowest BCUT2D eigenvalue weighted by Crippen LogP contribution is -2.11. The molecule has 18 heavy (non-hydrogen) atoms. The number of amides is 2. The maximum absolute atomic E-state index is 11.9. The molecule has 0 aliphatic carbocycles. The van der Waals surface area contributed by atoms with Gasteiger partial charge in [0.2, 0.25) is 5.91 Å². The first-order valence-electron chi connectivity index (χ1n) is 5.61. The Morgan fingerprint density at radius 1 is 1.44 bits per heavy atom. The Morgan fingerprint density at radius 2 is 2.17 bits per heavy atom. The molecule has 1 aliphatic heterocycles. The number of fused-ring (bicyclic) bond motifs is 1. The predicted molar refractivity (Wildman–Crippen MR) is 67.8 cm³/mol. The summed E-state index contributed by atoms with van der Waals surface area (Å²) in [7, 11) is 1.54. The number of anilines is 1. The third-order valence-electron chi connectivity index (χ3n) is 2.90. The first-order valence-corrected chi connectivity index (χ1v) is 5.61. The molecule has 0 saturated heterocycles. The molecule has 3 N–H and O–H groups in total. The van der Waals surface area contributed by atoms with Crippen molar-refractivity contribution in [3.63, 3.8) is 0 Å². The summed E-state index contributed by atoms with van der Waals surface area (Å²) in [5.74, 6) is -0.115. The zero-order valence-electron chi connectivity index (χ0n) is 10.2. The van der Waals surface area contributed by atoms with Gasteiger partial charge in [-0.2, -0.15) is 0 Å². The van der Waals surface area contributed by atoms with Crippen LogP contribution < -0.4 is 11.1 Å². The lowest BCUT2D eigenvalue weighted by Gasteiger charge is -2.06. The van der Waals surface area contributed by atoms with Gasteiger partial charge in [-0.25, -0.2) is 0 Å². The molecule has 1 aliphatic rings. The number of ether oxygens (including phenoxy) is 1. The second-order valence-electron chi connectivity index (χ2n) is 3.93. The van der Waals surface area contributed by atoms with E-state index in [4.69, 9.17) is 10.5 Å². The van der Waals surface area contributed by atoms with Gasteiger partial charge in [-0.05, 0) is 12.1 Å². The Morgan fingerprint density at radius 3 is 2.72 bits per heavy atom. The lowest BCUT2D eigenvalue weighted by atomic mass is 10.0. The van der Waals surface area contributed by atoms with Crippen molar-refractivity contribution in [2.75, 3.05) is 12.4 Å². The molecule has 5 nitrogen and oxygen atoms in total. The van der Waals surface area contributed by atoms with Gasteiger partial charge in [-0.15, -0.1) is 0 Å². The van der Waals surface area contributed by atoms with E-state index in [2.05, 4.69) is 5.32 Å². The van der Waals surface area contributed by atoms with Crippen LogP contribution in [0, 0.1) is 0 Å². The highest BCUT2D eigenvalue weighted by Crippen LogP contribution is 2.35. The smallest absolute Gasteiger partial charge is 0.259 e. The van der Waals surface area contributed by atoms with Crippen molar-refractivity contribution < 1.29 is 14.3 Å². The highest BCUT2D eigenvalue weighted by molar-refractivity contribution is 6.32. The fourth-order valence-electron chi connectivity index (χ4n) is 2.03. The van der Waals surface area contributed by atoms with Crippen molar-refractivity contribution in [2.45, 2.75) is 13.3 Å². The number of primary amides is 1. The molecule has 0 atom stereocenters. The summed E-state index contributed by atoms with van der Waals surface area (Å²) < 4.78 is 5.22. The van der Waals surface area contributed by atoms with E-state index in [0.717, 1.165) is 5.56 Å². The summed E-state index contributed by atoms with van der Waals surface area (Å²) in [5, 5.41) is 2.71. The summed E-state index contributed by atoms with van der Waals surface area (Å²) in [4.78, 5) is 23.0. The van der Waals surface area contributed by atoms with Gasteiger partial charge in [-0.3, -0.25) is 9.59 Å². The number of carbonyl (C=O) groups excluding carboxylic acids is 2. The lowest BCUT2D eigenvalue weighted by molar-refractivity contribution is -0.111. The highest BCUT2D eigenvalue weighted by Gasteiger charge is 2.28. The highest BCUT2D eigenvalue weighted by atomic mass is 16.5. The van der Waals surface area contributed by atoms with E-state index in [1.54, 1.807) is 18.2 Å². The Hall–Kier alpha value is -2.30. The molecule has 1 heterocycles. The van der Waals surface area contributed by atoms with Crippen molar-refractivity contribution in [2.24, 2.45) is 5.73 Å². The molecule has 2 amide bonds. The SMILES string of the molecule is CC/C(OC)=C1/C(=O)Nc2cc(C(N)=O)ccc21. The number of allylic oxidation sites excluding steroid dienone is 1. The van der Waals surface area contributed by atoms with Gasteiger partial charge in [0.25, 0.3) is 5.91 Å². The van der Waals surface area contributed by atoms with Crippen LogP contribution in [0.4, 0.5) is 5.69 Å². The number of benzene rings is 1. The molecule has 0 spiro atoms. The summed E-state index contributed by atoms with van der Waals surface area (Å²) in [6, 6.07) is 4.88. The molecule has 0 radical (unpaired) electrons. The summed E-state index contributed by atoms with van der Waals surface area (Å²) in [6.45, 7) is 1.91. The van der Waals surface area contributed by atoms with E-state index in [9.17, 15) is 9.59 Å². The van der Waals surface area contributed by atoms with E-state index >= 15 is 0 Å². The second kappa shape index (κ2) is 4.52.